The molecule has 0 atom stereocenters. The van der Waals surface area contributed by atoms with Crippen molar-refractivity contribution >= 4 is 17.5 Å². The van der Waals surface area contributed by atoms with E-state index in [2.05, 4.69) is 11.9 Å². The smallest absolute Gasteiger partial charge is 0.258 e. The molecule has 3 aromatic carbocycles. The summed E-state index contributed by atoms with van der Waals surface area (Å²) in [5.41, 5.74) is 3.03. The SMILES string of the molecule is C=CCNC(=O)Cc1cccc(N(Cc2ccccc2)C(=O)c2ccc3c(c2)OCO3)c1. The van der Waals surface area contributed by atoms with E-state index in [4.69, 9.17) is 9.47 Å². The lowest BCUT2D eigenvalue weighted by atomic mass is 10.1. The van der Waals surface area contributed by atoms with Crippen molar-refractivity contribution in [3.05, 3.63) is 102 Å². The lowest BCUT2D eigenvalue weighted by molar-refractivity contribution is -0.120. The van der Waals surface area contributed by atoms with E-state index in [0.717, 1.165) is 11.1 Å². The number of ether oxygens (including phenoxy) is 2. The molecular formula is C26H24N2O4. The molecule has 0 aliphatic carbocycles. The van der Waals surface area contributed by atoms with Gasteiger partial charge in [-0.1, -0.05) is 48.5 Å². The van der Waals surface area contributed by atoms with E-state index >= 15 is 0 Å². The summed E-state index contributed by atoms with van der Waals surface area (Å²) in [6.07, 6.45) is 1.86. The summed E-state index contributed by atoms with van der Waals surface area (Å²) in [6.45, 7) is 4.57. The van der Waals surface area contributed by atoms with Crippen molar-refractivity contribution in [2.45, 2.75) is 13.0 Å². The predicted molar refractivity (Wildman–Crippen MR) is 123 cm³/mol. The summed E-state index contributed by atoms with van der Waals surface area (Å²) < 4.78 is 10.8. The lowest BCUT2D eigenvalue weighted by Gasteiger charge is -2.24. The fraction of sp³-hybridized carbons (Fsp3) is 0.154. The quantitative estimate of drug-likeness (QED) is 0.549. The number of benzene rings is 3. The van der Waals surface area contributed by atoms with Gasteiger partial charge in [-0.15, -0.1) is 6.58 Å². The summed E-state index contributed by atoms with van der Waals surface area (Å²) in [5, 5.41) is 2.78. The Balaban J connectivity index is 1.64. The summed E-state index contributed by atoms with van der Waals surface area (Å²) in [6, 6.07) is 22.5. The molecule has 0 fully saturated rings. The number of amides is 2. The van der Waals surface area contributed by atoms with Crippen LogP contribution in [0.25, 0.3) is 0 Å². The molecule has 0 unspecified atom stereocenters. The first-order chi connectivity index (χ1) is 15.6. The predicted octanol–water partition coefficient (Wildman–Crippen LogP) is 4.11. The Bertz CT molecular complexity index is 1130. The third-order valence-corrected chi connectivity index (χ3v) is 5.08. The molecule has 6 nitrogen and oxygen atoms in total. The fourth-order valence-corrected chi connectivity index (χ4v) is 3.50. The standard InChI is InChI=1S/C26H24N2O4/c1-2-13-27-25(29)15-20-9-6-10-22(14-20)28(17-19-7-4-3-5-8-19)26(30)21-11-12-23-24(16-21)32-18-31-23/h2-12,14,16H,1,13,15,17-18H2,(H,27,29). The van der Waals surface area contributed by atoms with Gasteiger partial charge in [-0.3, -0.25) is 9.59 Å². The van der Waals surface area contributed by atoms with E-state index in [-0.39, 0.29) is 25.0 Å². The van der Waals surface area contributed by atoms with E-state index in [0.29, 0.717) is 35.8 Å². The Kier molecular flexibility index (Phi) is 6.51. The topological polar surface area (TPSA) is 67.9 Å². The van der Waals surface area contributed by atoms with Gasteiger partial charge >= 0.3 is 0 Å². The highest BCUT2D eigenvalue weighted by Gasteiger charge is 2.22. The molecule has 32 heavy (non-hydrogen) atoms. The van der Waals surface area contributed by atoms with Crippen molar-refractivity contribution in [2.24, 2.45) is 0 Å². The average molecular weight is 428 g/mol. The van der Waals surface area contributed by atoms with Crippen LogP contribution in [0.5, 0.6) is 11.5 Å². The number of carbonyl (C=O) groups excluding carboxylic acids is 2. The van der Waals surface area contributed by atoms with Gasteiger partial charge in [0.15, 0.2) is 11.5 Å². The number of carbonyl (C=O) groups is 2. The third-order valence-electron chi connectivity index (χ3n) is 5.08. The van der Waals surface area contributed by atoms with Crippen molar-refractivity contribution in [3.63, 3.8) is 0 Å². The van der Waals surface area contributed by atoms with Crippen molar-refractivity contribution in [2.75, 3.05) is 18.2 Å². The normalized spacial score (nSPS) is 11.6. The third kappa shape index (κ3) is 4.98. The van der Waals surface area contributed by atoms with Crippen molar-refractivity contribution in [3.8, 4) is 11.5 Å². The molecular weight excluding hydrogens is 404 g/mol. The zero-order valence-corrected chi connectivity index (χ0v) is 17.6. The molecule has 1 heterocycles. The molecule has 1 N–H and O–H groups in total. The highest BCUT2D eigenvalue weighted by atomic mass is 16.7. The second-order valence-corrected chi connectivity index (χ2v) is 7.38. The minimum atomic E-state index is -0.166. The molecule has 0 bridgehead atoms. The Morgan fingerprint density at radius 2 is 1.72 bits per heavy atom. The van der Waals surface area contributed by atoms with E-state index in [1.54, 1.807) is 29.2 Å². The average Bonchev–Trinajstić information content (AvgIpc) is 3.29. The number of nitrogens with zero attached hydrogens (tertiary/aromatic N) is 1. The number of hydrogen-bond donors (Lipinski definition) is 1. The summed E-state index contributed by atoms with van der Waals surface area (Å²) in [7, 11) is 0. The summed E-state index contributed by atoms with van der Waals surface area (Å²) >= 11 is 0. The maximum atomic E-state index is 13.6. The van der Waals surface area contributed by atoms with Gasteiger partial charge in [0.2, 0.25) is 12.7 Å². The van der Waals surface area contributed by atoms with Gasteiger partial charge in [0.05, 0.1) is 13.0 Å². The molecule has 3 aromatic rings. The molecule has 0 spiro atoms. The molecule has 0 saturated heterocycles. The van der Waals surface area contributed by atoms with Crippen LogP contribution in [0.4, 0.5) is 5.69 Å². The van der Waals surface area contributed by atoms with Crippen LogP contribution in [0.1, 0.15) is 21.5 Å². The zero-order chi connectivity index (χ0) is 22.3. The number of hydrogen-bond acceptors (Lipinski definition) is 4. The molecule has 0 aromatic heterocycles. The largest absolute Gasteiger partial charge is 0.454 e. The van der Waals surface area contributed by atoms with E-state index < -0.39 is 0 Å². The van der Waals surface area contributed by atoms with Crippen LogP contribution in [-0.4, -0.2) is 25.2 Å². The monoisotopic (exact) mass is 428 g/mol. The van der Waals surface area contributed by atoms with Gasteiger partial charge in [-0.05, 0) is 41.5 Å². The Labute approximate surface area is 187 Å². The fourth-order valence-electron chi connectivity index (χ4n) is 3.50. The number of nitrogens with one attached hydrogen (secondary N) is 1. The maximum absolute atomic E-state index is 13.6. The van der Waals surface area contributed by atoms with E-state index in [1.165, 1.54) is 0 Å². The van der Waals surface area contributed by atoms with Crippen molar-refractivity contribution in [1.29, 1.82) is 0 Å². The molecule has 1 aliphatic rings. The van der Waals surface area contributed by atoms with Gasteiger partial charge in [-0.25, -0.2) is 0 Å². The molecule has 0 radical (unpaired) electrons. The minimum Gasteiger partial charge on any atom is -0.454 e. The van der Waals surface area contributed by atoms with Crippen LogP contribution < -0.4 is 19.7 Å². The molecule has 2 amide bonds. The molecule has 6 heteroatoms. The molecule has 1 aliphatic heterocycles. The number of fused-ring (bicyclic) bond motifs is 1. The minimum absolute atomic E-state index is 0.0984. The summed E-state index contributed by atoms with van der Waals surface area (Å²) in [5.74, 6) is 0.922. The first-order valence-electron chi connectivity index (χ1n) is 10.4. The van der Waals surface area contributed by atoms with Crippen LogP contribution in [0.3, 0.4) is 0 Å². The van der Waals surface area contributed by atoms with Gasteiger partial charge < -0.3 is 19.7 Å². The van der Waals surface area contributed by atoms with Crippen molar-refractivity contribution < 1.29 is 19.1 Å². The van der Waals surface area contributed by atoms with E-state index in [1.807, 2.05) is 54.6 Å². The molecule has 0 saturated carbocycles. The number of rotatable bonds is 8. The molecule has 4 rings (SSSR count). The highest BCUT2D eigenvalue weighted by Crippen LogP contribution is 2.33. The zero-order valence-electron chi connectivity index (χ0n) is 17.6. The highest BCUT2D eigenvalue weighted by molar-refractivity contribution is 6.06. The van der Waals surface area contributed by atoms with Crippen molar-refractivity contribution in [1.82, 2.24) is 5.32 Å². The van der Waals surface area contributed by atoms with Crippen LogP contribution in [0.2, 0.25) is 0 Å². The Morgan fingerprint density at radius 1 is 0.938 bits per heavy atom. The maximum Gasteiger partial charge on any atom is 0.258 e. The first-order valence-corrected chi connectivity index (χ1v) is 10.4. The second-order valence-electron chi connectivity index (χ2n) is 7.38. The lowest BCUT2D eigenvalue weighted by Crippen LogP contribution is -2.30. The molecule has 162 valence electrons. The first kappa shape index (κ1) is 21.2. The Hall–Kier alpha value is -4.06. The van der Waals surface area contributed by atoms with Gasteiger partial charge in [0, 0.05) is 17.8 Å². The summed E-state index contributed by atoms with van der Waals surface area (Å²) in [4.78, 5) is 27.4. The van der Waals surface area contributed by atoms with E-state index in [9.17, 15) is 9.59 Å². The van der Waals surface area contributed by atoms with Crippen LogP contribution in [0, 0.1) is 0 Å². The van der Waals surface area contributed by atoms with Gasteiger partial charge in [0.1, 0.15) is 0 Å². The second kappa shape index (κ2) is 9.83. The van der Waals surface area contributed by atoms with Crippen LogP contribution in [-0.2, 0) is 17.8 Å². The van der Waals surface area contributed by atoms with Crippen LogP contribution >= 0.6 is 0 Å². The van der Waals surface area contributed by atoms with Gasteiger partial charge in [-0.2, -0.15) is 0 Å². The Morgan fingerprint density at radius 3 is 2.53 bits per heavy atom. The number of anilines is 1. The van der Waals surface area contributed by atoms with Gasteiger partial charge in [0.25, 0.3) is 5.91 Å². The van der Waals surface area contributed by atoms with Crippen LogP contribution in [0.15, 0.2) is 85.5 Å².